The zero-order valence-electron chi connectivity index (χ0n) is 20.5. The first-order chi connectivity index (χ1) is 15.7. The van der Waals surface area contributed by atoms with Gasteiger partial charge in [0.05, 0.1) is 30.9 Å². The van der Waals surface area contributed by atoms with Gasteiger partial charge in [-0.05, 0) is 69.3 Å². The second-order valence-corrected chi connectivity index (χ2v) is 10.6. The number of para-hydroxylation sites is 1. The molecule has 1 N–H and O–H groups in total. The lowest BCUT2D eigenvalue weighted by Crippen LogP contribution is -2.48. The number of thiophene rings is 1. The molecule has 0 saturated carbocycles. The van der Waals surface area contributed by atoms with Crippen molar-refractivity contribution in [3.05, 3.63) is 51.7 Å². The third-order valence-corrected chi connectivity index (χ3v) is 6.89. The molecule has 0 bridgehead atoms. The summed E-state index contributed by atoms with van der Waals surface area (Å²) in [7, 11) is 0. The molecule has 1 aromatic carbocycles. The standard InChI is InChI=1S/C26H38N2O4S/c1-6-27(15-20(29)17-32-26(3,4)5)16-25(30)28-13-11-24-21(12-14-33-24)22(28)18-31-23-10-8-7-9-19(23)2/h7-10,12,14,20,22,29H,6,11,13,15-18H2,1-5H3. The molecular weight excluding hydrogens is 436 g/mol. The van der Waals surface area contributed by atoms with Crippen molar-refractivity contribution in [2.24, 2.45) is 0 Å². The van der Waals surface area contributed by atoms with E-state index in [0.29, 0.717) is 26.2 Å². The van der Waals surface area contributed by atoms with E-state index in [2.05, 4.69) is 11.4 Å². The first-order valence-corrected chi connectivity index (χ1v) is 12.6. The highest BCUT2D eigenvalue weighted by atomic mass is 32.1. The molecule has 1 aromatic heterocycles. The highest BCUT2D eigenvalue weighted by Gasteiger charge is 2.33. The number of hydrogen-bond acceptors (Lipinski definition) is 6. The highest BCUT2D eigenvalue weighted by molar-refractivity contribution is 7.10. The van der Waals surface area contributed by atoms with Gasteiger partial charge in [0.2, 0.25) is 5.91 Å². The van der Waals surface area contributed by atoms with E-state index in [1.165, 1.54) is 10.4 Å². The summed E-state index contributed by atoms with van der Waals surface area (Å²) < 4.78 is 11.9. The molecule has 1 aliphatic heterocycles. The quantitative estimate of drug-likeness (QED) is 0.563. The van der Waals surface area contributed by atoms with Crippen LogP contribution in [0.4, 0.5) is 0 Å². The van der Waals surface area contributed by atoms with Crippen molar-refractivity contribution in [2.75, 3.05) is 39.4 Å². The lowest BCUT2D eigenvalue weighted by atomic mass is 10.0. The van der Waals surface area contributed by atoms with Crippen molar-refractivity contribution >= 4 is 17.2 Å². The lowest BCUT2D eigenvalue weighted by molar-refractivity contribution is -0.136. The predicted octanol–water partition coefficient (Wildman–Crippen LogP) is 4.06. The van der Waals surface area contributed by atoms with Crippen molar-refractivity contribution in [2.45, 2.75) is 58.8 Å². The van der Waals surface area contributed by atoms with Crippen molar-refractivity contribution < 1.29 is 19.4 Å². The topological polar surface area (TPSA) is 62.2 Å². The van der Waals surface area contributed by atoms with E-state index in [0.717, 1.165) is 17.7 Å². The molecule has 7 heteroatoms. The molecule has 2 aromatic rings. The second-order valence-electron chi connectivity index (χ2n) is 9.63. The van der Waals surface area contributed by atoms with Gasteiger partial charge >= 0.3 is 0 Å². The van der Waals surface area contributed by atoms with Crippen LogP contribution in [0.5, 0.6) is 5.75 Å². The molecule has 182 valence electrons. The van der Waals surface area contributed by atoms with E-state index in [4.69, 9.17) is 9.47 Å². The summed E-state index contributed by atoms with van der Waals surface area (Å²) in [6, 6.07) is 9.98. The molecule has 2 atom stereocenters. The maximum Gasteiger partial charge on any atom is 0.237 e. The molecule has 1 amide bonds. The molecule has 2 heterocycles. The Balaban J connectivity index is 1.66. The Bertz CT molecular complexity index is 908. The zero-order chi connectivity index (χ0) is 24.0. The van der Waals surface area contributed by atoms with Crippen LogP contribution < -0.4 is 4.74 Å². The van der Waals surface area contributed by atoms with Gasteiger partial charge in [0.1, 0.15) is 12.4 Å². The third kappa shape index (κ3) is 7.27. The molecular formula is C26H38N2O4S. The summed E-state index contributed by atoms with van der Waals surface area (Å²) in [5.41, 5.74) is 1.97. The molecule has 0 spiro atoms. The zero-order valence-corrected chi connectivity index (χ0v) is 21.4. The Labute approximate surface area is 202 Å². The number of ether oxygens (including phenoxy) is 2. The van der Waals surface area contributed by atoms with Crippen LogP contribution in [0.2, 0.25) is 0 Å². The normalized spacial score (nSPS) is 17.2. The van der Waals surface area contributed by atoms with Crippen LogP contribution in [0, 0.1) is 6.92 Å². The van der Waals surface area contributed by atoms with Crippen LogP contribution in [0.1, 0.15) is 49.7 Å². The van der Waals surface area contributed by atoms with E-state index < -0.39 is 6.10 Å². The summed E-state index contributed by atoms with van der Waals surface area (Å²) in [5, 5.41) is 12.5. The Morgan fingerprint density at radius 2 is 2.06 bits per heavy atom. The highest BCUT2D eigenvalue weighted by Crippen LogP contribution is 2.34. The largest absolute Gasteiger partial charge is 0.491 e. The number of fused-ring (bicyclic) bond motifs is 1. The second kappa shape index (κ2) is 11.5. The summed E-state index contributed by atoms with van der Waals surface area (Å²) in [5.74, 6) is 0.917. The molecule has 3 rings (SSSR count). The van der Waals surface area contributed by atoms with Crippen molar-refractivity contribution in [1.29, 1.82) is 0 Å². The summed E-state index contributed by atoms with van der Waals surface area (Å²) in [6.07, 6.45) is 0.232. The number of aliphatic hydroxyl groups is 1. The van der Waals surface area contributed by atoms with Gasteiger partial charge in [0, 0.05) is 18.0 Å². The van der Waals surface area contributed by atoms with Crippen molar-refractivity contribution in [3.63, 3.8) is 0 Å². The fourth-order valence-electron chi connectivity index (χ4n) is 4.05. The van der Waals surface area contributed by atoms with Gasteiger partial charge in [-0.1, -0.05) is 25.1 Å². The van der Waals surface area contributed by atoms with Crippen LogP contribution in [-0.2, 0) is 16.0 Å². The van der Waals surface area contributed by atoms with Crippen LogP contribution in [-0.4, -0.2) is 71.9 Å². The SMILES string of the molecule is CCN(CC(=O)N1CCc2sccc2C1COc1ccccc1C)CC(O)COC(C)(C)C. The number of carbonyl (C=O) groups excluding carboxylic acids is 1. The van der Waals surface area contributed by atoms with Gasteiger partial charge in [-0.2, -0.15) is 0 Å². The summed E-state index contributed by atoms with van der Waals surface area (Å²) >= 11 is 1.75. The van der Waals surface area contributed by atoms with E-state index >= 15 is 0 Å². The predicted molar refractivity (Wildman–Crippen MR) is 133 cm³/mol. The molecule has 1 aliphatic rings. The van der Waals surface area contributed by atoms with Gasteiger partial charge in [-0.25, -0.2) is 0 Å². The number of hydrogen-bond donors (Lipinski definition) is 1. The number of rotatable bonds is 10. The first-order valence-electron chi connectivity index (χ1n) is 11.8. The van der Waals surface area contributed by atoms with Gasteiger partial charge in [-0.15, -0.1) is 11.3 Å². The maximum absolute atomic E-state index is 13.4. The van der Waals surface area contributed by atoms with Gasteiger partial charge in [0.15, 0.2) is 0 Å². The number of carbonyl (C=O) groups is 1. The Kier molecular flexibility index (Phi) is 8.93. The number of aliphatic hydroxyl groups excluding tert-OH is 1. The number of aryl methyl sites for hydroxylation is 1. The minimum absolute atomic E-state index is 0.0658. The summed E-state index contributed by atoms with van der Waals surface area (Å²) in [6.45, 7) is 12.7. The fourth-order valence-corrected chi connectivity index (χ4v) is 4.97. The van der Waals surface area contributed by atoms with Crippen LogP contribution >= 0.6 is 11.3 Å². The van der Waals surface area contributed by atoms with Crippen LogP contribution in [0.3, 0.4) is 0 Å². The minimum Gasteiger partial charge on any atom is -0.491 e. The monoisotopic (exact) mass is 474 g/mol. The number of likely N-dealkylation sites (N-methyl/N-ethyl adjacent to an activating group) is 1. The average Bonchev–Trinajstić information content (AvgIpc) is 3.25. The average molecular weight is 475 g/mol. The van der Waals surface area contributed by atoms with E-state index in [-0.39, 0.29) is 30.7 Å². The molecule has 0 aliphatic carbocycles. The van der Waals surface area contributed by atoms with Crippen LogP contribution in [0.15, 0.2) is 35.7 Å². The number of amides is 1. The van der Waals surface area contributed by atoms with Crippen LogP contribution in [0.25, 0.3) is 0 Å². The molecule has 33 heavy (non-hydrogen) atoms. The lowest BCUT2D eigenvalue weighted by Gasteiger charge is -2.37. The fraction of sp³-hybridized carbons (Fsp3) is 0.577. The van der Waals surface area contributed by atoms with Gasteiger partial charge in [0.25, 0.3) is 0 Å². The first kappa shape index (κ1) is 25.7. The Hall–Kier alpha value is -1.93. The Morgan fingerprint density at radius 1 is 1.30 bits per heavy atom. The third-order valence-electron chi connectivity index (χ3n) is 5.89. The van der Waals surface area contributed by atoms with Crippen molar-refractivity contribution in [1.82, 2.24) is 9.80 Å². The molecule has 2 unspecified atom stereocenters. The Morgan fingerprint density at radius 3 is 2.76 bits per heavy atom. The van der Waals surface area contributed by atoms with E-state index in [1.807, 2.05) is 68.7 Å². The smallest absolute Gasteiger partial charge is 0.237 e. The van der Waals surface area contributed by atoms with Crippen molar-refractivity contribution in [3.8, 4) is 5.75 Å². The number of benzene rings is 1. The maximum atomic E-state index is 13.4. The molecule has 0 fully saturated rings. The van der Waals surface area contributed by atoms with Gasteiger partial charge < -0.3 is 19.5 Å². The van der Waals surface area contributed by atoms with E-state index in [1.54, 1.807) is 11.3 Å². The van der Waals surface area contributed by atoms with E-state index in [9.17, 15) is 9.90 Å². The number of nitrogens with zero attached hydrogens (tertiary/aromatic N) is 2. The van der Waals surface area contributed by atoms with Gasteiger partial charge in [-0.3, -0.25) is 9.69 Å². The molecule has 0 radical (unpaired) electrons. The molecule has 6 nitrogen and oxygen atoms in total. The molecule has 0 saturated heterocycles. The minimum atomic E-state index is -0.637. The summed E-state index contributed by atoms with van der Waals surface area (Å²) in [4.78, 5) is 18.7.